The number of para-hydroxylation sites is 2. The number of hydrogen-bond donors (Lipinski definition) is 2. The molecule has 2 atom stereocenters. The van der Waals surface area contributed by atoms with E-state index in [1.54, 1.807) is 26.2 Å². The number of esters is 1. The number of carbonyl (C=O) groups is 2. The van der Waals surface area contributed by atoms with Crippen LogP contribution in [0.15, 0.2) is 59.8 Å². The summed E-state index contributed by atoms with van der Waals surface area (Å²) in [5.74, 6) is 1.65. The minimum atomic E-state index is -0.649. The molecule has 0 bridgehead atoms. The number of hydrogen-bond acceptors (Lipinski definition) is 7. The van der Waals surface area contributed by atoms with Crippen LogP contribution in [0.1, 0.15) is 25.5 Å². The summed E-state index contributed by atoms with van der Waals surface area (Å²) in [6, 6.07) is 13.8. The molecule has 2 amide bonds. The van der Waals surface area contributed by atoms with Gasteiger partial charge in [-0.1, -0.05) is 31.2 Å². The van der Waals surface area contributed by atoms with Crippen molar-refractivity contribution in [3.05, 3.63) is 65.4 Å². The van der Waals surface area contributed by atoms with E-state index in [1.165, 1.54) is 0 Å². The Bertz CT molecular complexity index is 1080. The van der Waals surface area contributed by atoms with Crippen LogP contribution in [0.25, 0.3) is 0 Å². The Morgan fingerprint density at radius 3 is 2.54 bits per heavy atom. The molecular formula is C26H31N3O6. The number of carbonyl (C=O) groups excluding carboxylic acids is 2. The smallest absolute Gasteiger partial charge is 0.338 e. The van der Waals surface area contributed by atoms with Crippen molar-refractivity contribution in [3.63, 3.8) is 0 Å². The number of nitrogens with one attached hydrogen (secondary N) is 2. The molecule has 9 nitrogen and oxygen atoms in total. The molecule has 2 aromatic carbocycles. The minimum absolute atomic E-state index is 0.189. The van der Waals surface area contributed by atoms with E-state index in [9.17, 15) is 9.59 Å². The zero-order valence-corrected chi connectivity index (χ0v) is 20.2. The van der Waals surface area contributed by atoms with Crippen LogP contribution < -0.4 is 24.8 Å². The quantitative estimate of drug-likeness (QED) is 0.531. The number of nitrogens with zero attached hydrogens (tertiary/aromatic N) is 1. The average molecular weight is 482 g/mol. The fourth-order valence-corrected chi connectivity index (χ4v) is 4.21. The monoisotopic (exact) mass is 481 g/mol. The SMILES string of the molecule is CCOC(=O)C1=C(CN(CC)CC2COc3ccccc3O2)NC(=O)NC1c1ccc(OC)cc1. The Kier molecular flexibility index (Phi) is 7.77. The van der Waals surface area contributed by atoms with Gasteiger partial charge >= 0.3 is 12.0 Å². The maximum absolute atomic E-state index is 13.1. The summed E-state index contributed by atoms with van der Waals surface area (Å²) < 4.78 is 22.6. The molecule has 2 heterocycles. The summed E-state index contributed by atoms with van der Waals surface area (Å²) in [5.41, 5.74) is 1.64. The second kappa shape index (κ2) is 11.1. The molecule has 2 N–H and O–H groups in total. The van der Waals surface area contributed by atoms with Crippen LogP contribution in [0.3, 0.4) is 0 Å². The first-order chi connectivity index (χ1) is 17.0. The zero-order valence-electron chi connectivity index (χ0n) is 20.2. The van der Waals surface area contributed by atoms with Gasteiger partial charge in [0.15, 0.2) is 11.5 Å². The average Bonchev–Trinajstić information content (AvgIpc) is 2.88. The number of urea groups is 1. The van der Waals surface area contributed by atoms with Gasteiger partial charge < -0.3 is 29.6 Å². The van der Waals surface area contributed by atoms with Crippen molar-refractivity contribution in [3.8, 4) is 17.2 Å². The number of rotatable bonds is 9. The highest BCUT2D eigenvalue weighted by molar-refractivity contribution is 5.95. The third-order valence-corrected chi connectivity index (χ3v) is 5.96. The van der Waals surface area contributed by atoms with Crippen LogP contribution in [0.2, 0.25) is 0 Å². The van der Waals surface area contributed by atoms with E-state index < -0.39 is 12.0 Å². The van der Waals surface area contributed by atoms with E-state index in [0.29, 0.717) is 49.0 Å². The van der Waals surface area contributed by atoms with Gasteiger partial charge in [0, 0.05) is 18.8 Å². The predicted molar refractivity (Wildman–Crippen MR) is 130 cm³/mol. The second-order valence-corrected chi connectivity index (χ2v) is 8.24. The van der Waals surface area contributed by atoms with Crippen molar-refractivity contribution in [2.24, 2.45) is 0 Å². The number of benzene rings is 2. The van der Waals surface area contributed by atoms with E-state index in [2.05, 4.69) is 15.5 Å². The van der Waals surface area contributed by atoms with Crippen molar-refractivity contribution < 1.29 is 28.5 Å². The molecule has 2 aromatic rings. The molecule has 0 saturated carbocycles. The number of ether oxygens (including phenoxy) is 4. The van der Waals surface area contributed by atoms with Crippen molar-refractivity contribution >= 4 is 12.0 Å². The molecular weight excluding hydrogens is 450 g/mol. The molecule has 4 rings (SSSR count). The van der Waals surface area contributed by atoms with Crippen LogP contribution in [0.5, 0.6) is 17.2 Å². The van der Waals surface area contributed by atoms with Gasteiger partial charge in [0.25, 0.3) is 0 Å². The highest BCUT2D eigenvalue weighted by Gasteiger charge is 2.34. The summed E-state index contributed by atoms with van der Waals surface area (Å²) in [4.78, 5) is 27.8. The Hall–Kier alpha value is -3.72. The molecule has 0 fully saturated rings. The fraction of sp³-hybridized carbons (Fsp3) is 0.385. The molecule has 2 unspecified atom stereocenters. The number of methoxy groups -OCH3 is 1. The number of likely N-dealkylation sites (N-methyl/N-ethyl adjacent to an activating group) is 1. The van der Waals surface area contributed by atoms with Gasteiger partial charge in [0.05, 0.1) is 25.3 Å². The Labute approximate surface area is 205 Å². The van der Waals surface area contributed by atoms with Crippen LogP contribution in [0, 0.1) is 0 Å². The van der Waals surface area contributed by atoms with Crippen LogP contribution in [-0.4, -0.2) is 63.0 Å². The highest BCUT2D eigenvalue weighted by Crippen LogP contribution is 2.32. The molecule has 35 heavy (non-hydrogen) atoms. The van der Waals surface area contributed by atoms with Crippen LogP contribution in [0.4, 0.5) is 4.79 Å². The van der Waals surface area contributed by atoms with Crippen molar-refractivity contribution in [1.82, 2.24) is 15.5 Å². The summed E-state index contributed by atoms with van der Waals surface area (Å²) >= 11 is 0. The second-order valence-electron chi connectivity index (χ2n) is 8.24. The van der Waals surface area contributed by atoms with Gasteiger partial charge in [0.2, 0.25) is 0 Å². The van der Waals surface area contributed by atoms with Gasteiger partial charge in [-0.05, 0) is 43.3 Å². The Balaban J connectivity index is 1.58. The van der Waals surface area contributed by atoms with E-state index in [4.69, 9.17) is 18.9 Å². The summed E-state index contributed by atoms with van der Waals surface area (Å²) in [6.07, 6.45) is -0.189. The Morgan fingerprint density at radius 2 is 1.86 bits per heavy atom. The third-order valence-electron chi connectivity index (χ3n) is 5.96. The highest BCUT2D eigenvalue weighted by atomic mass is 16.6. The van der Waals surface area contributed by atoms with Gasteiger partial charge in [-0.3, -0.25) is 4.90 Å². The van der Waals surface area contributed by atoms with Gasteiger partial charge in [-0.2, -0.15) is 0 Å². The van der Waals surface area contributed by atoms with Crippen LogP contribution in [-0.2, 0) is 9.53 Å². The largest absolute Gasteiger partial charge is 0.497 e. The normalized spacial score (nSPS) is 19.1. The lowest BCUT2D eigenvalue weighted by Crippen LogP contribution is -2.49. The van der Waals surface area contributed by atoms with E-state index >= 15 is 0 Å². The number of amides is 2. The molecule has 0 radical (unpaired) electrons. The lowest BCUT2D eigenvalue weighted by atomic mass is 9.95. The van der Waals surface area contributed by atoms with Crippen molar-refractivity contribution in [2.45, 2.75) is 26.0 Å². The maximum Gasteiger partial charge on any atom is 0.338 e. The van der Waals surface area contributed by atoms with Crippen molar-refractivity contribution in [2.75, 3.05) is 40.0 Å². The lowest BCUT2D eigenvalue weighted by Gasteiger charge is -2.34. The van der Waals surface area contributed by atoms with E-state index in [1.807, 2.05) is 43.3 Å². The summed E-state index contributed by atoms with van der Waals surface area (Å²) in [5, 5.41) is 5.70. The van der Waals surface area contributed by atoms with Gasteiger partial charge in [-0.25, -0.2) is 9.59 Å². The van der Waals surface area contributed by atoms with Gasteiger partial charge in [-0.15, -0.1) is 0 Å². The molecule has 2 aliphatic heterocycles. The third kappa shape index (κ3) is 5.68. The van der Waals surface area contributed by atoms with Crippen molar-refractivity contribution in [1.29, 1.82) is 0 Å². The molecule has 0 saturated heterocycles. The minimum Gasteiger partial charge on any atom is -0.497 e. The van der Waals surface area contributed by atoms with E-state index in [0.717, 1.165) is 11.3 Å². The first-order valence-electron chi connectivity index (χ1n) is 11.7. The number of fused-ring (bicyclic) bond motifs is 1. The zero-order chi connectivity index (χ0) is 24.8. The molecule has 0 aromatic heterocycles. The molecule has 186 valence electrons. The first-order valence-corrected chi connectivity index (χ1v) is 11.7. The standard InChI is InChI=1S/C26H31N3O6/c1-4-29(14-19-16-34-21-8-6-7-9-22(21)35-19)15-20-23(25(30)33-5-2)24(28-26(31)27-20)17-10-12-18(32-3)13-11-17/h6-13,19,24H,4-5,14-16H2,1-3H3,(H2,27,28,31). The Morgan fingerprint density at radius 1 is 1.11 bits per heavy atom. The first kappa shape index (κ1) is 24.4. The lowest BCUT2D eigenvalue weighted by molar-refractivity contribution is -0.139. The van der Waals surface area contributed by atoms with Gasteiger partial charge in [0.1, 0.15) is 18.5 Å². The topological polar surface area (TPSA) is 98.4 Å². The molecule has 9 heteroatoms. The fourth-order valence-electron chi connectivity index (χ4n) is 4.21. The van der Waals surface area contributed by atoms with E-state index in [-0.39, 0.29) is 18.7 Å². The molecule has 0 aliphatic carbocycles. The maximum atomic E-state index is 13.1. The molecule has 0 spiro atoms. The summed E-state index contributed by atoms with van der Waals surface area (Å²) in [6.45, 7) is 5.99. The predicted octanol–water partition coefficient (Wildman–Crippen LogP) is 3.03. The molecule has 2 aliphatic rings. The summed E-state index contributed by atoms with van der Waals surface area (Å²) in [7, 11) is 1.59. The van der Waals surface area contributed by atoms with Crippen LogP contribution >= 0.6 is 0 Å².